The van der Waals surface area contributed by atoms with Crippen LogP contribution in [-0.2, 0) is 33.3 Å². The Morgan fingerprint density at radius 3 is 2.06 bits per heavy atom. The van der Waals surface area contributed by atoms with Crippen LogP contribution in [0.3, 0.4) is 0 Å². The van der Waals surface area contributed by atoms with E-state index in [2.05, 4.69) is 13.8 Å². The van der Waals surface area contributed by atoms with E-state index in [1.165, 1.54) is 20.8 Å². The summed E-state index contributed by atoms with van der Waals surface area (Å²) in [6, 6.07) is 0. The van der Waals surface area contributed by atoms with E-state index in [1.807, 2.05) is 0 Å². The van der Waals surface area contributed by atoms with Crippen molar-refractivity contribution in [2.45, 2.75) is 104 Å². The summed E-state index contributed by atoms with van der Waals surface area (Å²) < 4.78 is 23.4. The van der Waals surface area contributed by atoms with Crippen molar-refractivity contribution in [2.75, 3.05) is 7.11 Å². The maximum atomic E-state index is 12.2. The third kappa shape index (κ3) is 4.08. The number of hydrogen-bond donors (Lipinski definition) is 0. The first-order valence-electron chi connectivity index (χ1n) is 12.5. The van der Waals surface area contributed by atoms with Gasteiger partial charge >= 0.3 is 17.9 Å². The average molecular weight is 465 g/mol. The molecule has 0 bridgehead atoms. The van der Waals surface area contributed by atoms with Gasteiger partial charge in [-0.3, -0.25) is 14.4 Å². The Hall–Kier alpha value is -1.63. The highest BCUT2D eigenvalue weighted by molar-refractivity contribution is 5.67. The Balaban J connectivity index is 1.69. The molecule has 0 aromatic carbocycles. The number of rotatable bonds is 4. The molecule has 33 heavy (non-hydrogen) atoms. The summed E-state index contributed by atoms with van der Waals surface area (Å²) in [5, 5.41) is 0. The van der Waals surface area contributed by atoms with Crippen LogP contribution in [0.2, 0.25) is 0 Å². The molecule has 0 N–H and O–H groups in total. The molecule has 4 fully saturated rings. The summed E-state index contributed by atoms with van der Waals surface area (Å²) in [7, 11) is 1.70. The molecule has 4 saturated carbocycles. The lowest BCUT2D eigenvalue weighted by atomic mass is 9.44. The molecular formula is C26H40O7. The van der Waals surface area contributed by atoms with Gasteiger partial charge in [-0.15, -0.1) is 0 Å². The van der Waals surface area contributed by atoms with Gasteiger partial charge in [-0.25, -0.2) is 0 Å². The topological polar surface area (TPSA) is 88.1 Å². The van der Waals surface area contributed by atoms with Gasteiger partial charge in [0.25, 0.3) is 0 Å². The van der Waals surface area contributed by atoms with Crippen LogP contribution in [0.5, 0.6) is 0 Å². The van der Waals surface area contributed by atoms with E-state index in [1.54, 1.807) is 7.11 Å². The second-order valence-corrected chi connectivity index (χ2v) is 11.4. The molecule has 0 aromatic rings. The smallest absolute Gasteiger partial charge is 0.302 e. The van der Waals surface area contributed by atoms with Gasteiger partial charge in [0.2, 0.25) is 0 Å². The van der Waals surface area contributed by atoms with Crippen LogP contribution in [-0.4, -0.2) is 49.4 Å². The quantitative estimate of drug-likeness (QED) is 0.458. The Kier molecular flexibility index (Phi) is 6.58. The minimum absolute atomic E-state index is 0.00612. The van der Waals surface area contributed by atoms with E-state index in [9.17, 15) is 14.4 Å². The molecular weight excluding hydrogens is 424 g/mol. The van der Waals surface area contributed by atoms with Crippen molar-refractivity contribution in [3.8, 4) is 0 Å². The molecule has 4 aliphatic carbocycles. The van der Waals surface area contributed by atoms with Crippen LogP contribution in [0.4, 0.5) is 0 Å². The first-order valence-corrected chi connectivity index (χ1v) is 12.5. The van der Waals surface area contributed by atoms with Crippen LogP contribution >= 0.6 is 0 Å². The molecule has 186 valence electrons. The fraction of sp³-hybridized carbons (Fsp3) is 0.885. The van der Waals surface area contributed by atoms with E-state index >= 15 is 0 Å². The van der Waals surface area contributed by atoms with Crippen molar-refractivity contribution in [1.29, 1.82) is 0 Å². The maximum absolute atomic E-state index is 12.2. The van der Waals surface area contributed by atoms with Crippen molar-refractivity contribution in [1.82, 2.24) is 0 Å². The maximum Gasteiger partial charge on any atom is 0.302 e. The zero-order valence-electron chi connectivity index (χ0n) is 20.9. The first-order chi connectivity index (χ1) is 15.5. The van der Waals surface area contributed by atoms with Crippen LogP contribution < -0.4 is 0 Å². The number of carbonyl (C=O) groups excluding carboxylic acids is 3. The fourth-order valence-corrected chi connectivity index (χ4v) is 8.55. The number of hydrogen-bond acceptors (Lipinski definition) is 7. The van der Waals surface area contributed by atoms with Gasteiger partial charge < -0.3 is 18.9 Å². The van der Waals surface area contributed by atoms with Crippen LogP contribution in [0.25, 0.3) is 0 Å². The highest BCUT2D eigenvalue weighted by Crippen LogP contribution is 2.67. The lowest BCUT2D eigenvalue weighted by Gasteiger charge is -2.62. The highest BCUT2D eigenvalue weighted by atomic mass is 16.6. The van der Waals surface area contributed by atoms with E-state index in [0.29, 0.717) is 24.2 Å². The van der Waals surface area contributed by atoms with E-state index < -0.39 is 5.41 Å². The Morgan fingerprint density at radius 2 is 1.45 bits per heavy atom. The standard InChI is InChI=1S/C26H40O7/c1-14(27)31-18-9-10-25(4)17(11-18)7-8-19-20(25)12-23(33-16(3)29)26(5)22(30-6)13-21(24(19)26)32-15(2)28/h17-24H,7-13H2,1-6H3/t17-,18-,19+,20-,21-,22+,23-,24+,25-,26-/m0/s1. The van der Waals surface area contributed by atoms with E-state index in [4.69, 9.17) is 18.9 Å². The van der Waals surface area contributed by atoms with Gasteiger partial charge in [0.15, 0.2) is 0 Å². The highest BCUT2D eigenvalue weighted by Gasteiger charge is 2.68. The zero-order chi connectivity index (χ0) is 24.1. The summed E-state index contributed by atoms with van der Waals surface area (Å²) in [4.78, 5) is 35.7. The van der Waals surface area contributed by atoms with E-state index in [0.717, 1.165) is 38.5 Å². The third-order valence-electron chi connectivity index (χ3n) is 9.82. The van der Waals surface area contributed by atoms with Crippen molar-refractivity contribution in [3.05, 3.63) is 0 Å². The fourth-order valence-electron chi connectivity index (χ4n) is 8.55. The molecule has 0 aromatic heterocycles. The molecule has 0 amide bonds. The third-order valence-corrected chi connectivity index (χ3v) is 9.82. The normalized spacial score (nSPS) is 46.4. The monoisotopic (exact) mass is 464 g/mol. The largest absolute Gasteiger partial charge is 0.463 e. The van der Waals surface area contributed by atoms with Crippen LogP contribution in [0.15, 0.2) is 0 Å². The Labute approximate surface area is 197 Å². The van der Waals surface area contributed by atoms with Crippen molar-refractivity contribution >= 4 is 17.9 Å². The minimum atomic E-state index is -0.403. The van der Waals surface area contributed by atoms with Crippen LogP contribution in [0.1, 0.15) is 79.6 Å². The molecule has 10 atom stereocenters. The molecule has 4 aliphatic rings. The first kappa shape index (κ1) is 24.5. The van der Waals surface area contributed by atoms with E-state index in [-0.39, 0.29) is 53.7 Å². The molecule has 7 heteroatoms. The Morgan fingerprint density at radius 1 is 0.788 bits per heavy atom. The predicted octanol–water partition coefficient (Wildman–Crippen LogP) is 4.06. The lowest BCUT2D eigenvalue weighted by molar-refractivity contribution is -0.212. The van der Waals surface area contributed by atoms with Gasteiger partial charge in [-0.05, 0) is 61.7 Å². The molecule has 0 aliphatic heterocycles. The van der Waals surface area contributed by atoms with Gasteiger partial charge in [0, 0.05) is 45.6 Å². The number of carbonyl (C=O) groups is 3. The van der Waals surface area contributed by atoms with Gasteiger partial charge in [-0.1, -0.05) is 13.8 Å². The van der Waals surface area contributed by atoms with Crippen molar-refractivity contribution in [3.63, 3.8) is 0 Å². The molecule has 7 nitrogen and oxygen atoms in total. The molecule has 0 radical (unpaired) electrons. The summed E-state index contributed by atoms with van der Waals surface area (Å²) in [5.74, 6) is 0.515. The summed E-state index contributed by atoms with van der Waals surface area (Å²) in [6.45, 7) is 8.98. The number of ether oxygens (including phenoxy) is 4. The lowest BCUT2D eigenvalue weighted by Crippen LogP contribution is -2.61. The minimum Gasteiger partial charge on any atom is -0.463 e. The van der Waals surface area contributed by atoms with Crippen molar-refractivity contribution < 1.29 is 33.3 Å². The second kappa shape index (κ2) is 8.86. The van der Waals surface area contributed by atoms with Gasteiger partial charge in [-0.2, -0.15) is 0 Å². The summed E-state index contributed by atoms with van der Waals surface area (Å²) in [6.07, 6.45) is 5.63. The number of esters is 3. The molecule has 4 rings (SSSR count). The molecule has 0 saturated heterocycles. The van der Waals surface area contributed by atoms with Gasteiger partial charge in [0.05, 0.1) is 6.10 Å². The SMILES string of the molecule is CO[C@@H]1C[C@H](OC(C)=O)[C@H]2[C@@H]3CC[C@H]4C[C@@H](OC(C)=O)CC[C@]4(C)[C@H]3C[C@H](OC(C)=O)[C@@]21C. The summed E-state index contributed by atoms with van der Waals surface area (Å²) >= 11 is 0. The Bertz CT molecular complexity index is 796. The van der Waals surface area contributed by atoms with Gasteiger partial charge in [0.1, 0.15) is 18.3 Å². The van der Waals surface area contributed by atoms with Crippen molar-refractivity contribution in [2.24, 2.45) is 34.5 Å². The average Bonchev–Trinajstić information content (AvgIpc) is 3.00. The zero-order valence-corrected chi connectivity index (χ0v) is 20.9. The number of fused-ring (bicyclic) bond motifs is 5. The van der Waals surface area contributed by atoms with Crippen LogP contribution in [0, 0.1) is 34.5 Å². The molecule has 0 unspecified atom stereocenters. The second-order valence-electron chi connectivity index (χ2n) is 11.4. The summed E-state index contributed by atoms with van der Waals surface area (Å²) in [5.41, 5.74) is -0.328. The molecule has 0 heterocycles. The predicted molar refractivity (Wildman–Crippen MR) is 120 cm³/mol. The molecule has 0 spiro atoms. The number of methoxy groups -OCH3 is 1.